The molecule has 2 heterocycles. The topological polar surface area (TPSA) is 56.6 Å². The fraction of sp³-hybridized carbons (Fsp3) is 0.357. The lowest BCUT2D eigenvalue weighted by Crippen LogP contribution is -2.22. The maximum absolute atomic E-state index is 13.7. The average Bonchev–Trinajstić information content (AvgIpc) is 2.80. The van der Waals surface area contributed by atoms with Crippen LogP contribution in [0.3, 0.4) is 0 Å². The molecule has 1 aliphatic heterocycles. The van der Waals surface area contributed by atoms with E-state index in [0.717, 1.165) is 5.39 Å². The standard InChI is InChI=1S/C14H15FN2O2/c15-12-5-16-14(11-4-2-1-3-10(11)12)17-6-9(8-18)13(19)7-17/h1-5,9,13,18-19H,6-8H2. The summed E-state index contributed by atoms with van der Waals surface area (Å²) < 4.78 is 13.7. The summed E-state index contributed by atoms with van der Waals surface area (Å²) in [6.45, 7) is 0.880. The molecule has 0 radical (unpaired) electrons. The normalized spacial score (nSPS) is 23.2. The number of halogens is 1. The molecule has 2 unspecified atom stereocenters. The molecule has 3 rings (SSSR count). The third-order valence-electron chi connectivity index (χ3n) is 3.67. The minimum absolute atomic E-state index is 0.0587. The van der Waals surface area contributed by atoms with Gasteiger partial charge < -0.3 is 15.1 Å². The third-order valence-corrected chi connectivity index (χ3v) is 3.67. The lowest BCUT2D eigenvalue weighted by molar-refractivity contribution is 0.104. The van der Waals surface area contributed by atoms with Crippen molar-refractivity contribution in [1.82, 2.24) is 4.98 Å². The van der Waals surface area contributed by atoms with Gasteiger partial charge >= 0.3 is 0 Å². The Balaban J connectivity index is 2.05. The number of nitrogens with zero attached hydrogens (tertiary/aromatic N) is 2. The fourth-order valence-electron chi connectivity index (χ4n) is 2.60. The average molecular weight is 262 g/mol. The quantitative estimate of drug-likeness (QED) is 0.853. The van der Waals surface area contributed by atoms with Crippen LogP contribution in [0.5, 0.6) is 0 Å². The molecule has 5 heteroatoms. The zero-order valence-electron chi connectivity index (χ0n) is 10.3. The summed E-state index contributed by atoms with van der Waals surface area (Å²) in [6.07, 6.45) is 0.631. The van der Waals surface area contributed by atoms with E-state index in [1.54, 1.807) is 12.1 Å². The first-order valence-electron chi connectivity index (χ1n) is 6.28. The Hall–Kier alpha value is -1.72. The smallest absolute Gasteiger partial charge is 0.149 e. The van der Waals surface area contributed by atoms with E-state index >= 15 is 0 Å². The van der Waals surface area contributed by atoms with E-state index in [0.29, 0.717) is 24.3 Å². The zero-order valence-corrected chi connectivity index (χ0v) is 10.3. The van der Waals surface area contributed by atoms with Crippen molar-refractivity contribution in [3.05, 3.63) is 36.3 Å². The highest BCUT2D eigenvalue weighted by molar-refractivity contribution is 5.92. The number of aliphatic hydroxyl groups excluding tert-OH is 2. The Morgan fingerprint density at radius 1 is 1.26 bits per heavy atom. The molecule has 1 fully saturated rings. The molecule has 2 N–H and O–H groups in total. The highest BCUT2D eigenvalue weighted by atomic mass is 19.1. The van der Waals surface area contributed by atoms with E-state index in [1.165, 1.54) is 6.20 Å². The van der Waals surface area contributed by atoms with Crippen LogP contribution < -0.4 is 4.90 Å². The van der Waals surface area contributed by atoms with E-state index in [-0.39, 0.29) is 18.3 Å². The number of aliphatic hydroxyl groups is 2. The van der Waals surface area contributed by atoms with Crippen molar-refractivity contribution in [2.24, 2.45) is 5.92 Å². The third kappa shape index (κ3) is 2.05. The Morgan fingerprint density at radius 2 is 2.00 bits per heavy atom. The van der Waals surface area contributed by atoms with E-state index in [2.05, 4.69) is 4.98 Å². The molecule has 0 aliphatic carbocycles. The van der Waals surface area contributed by atoms with Crippen LogP contribution in [0.25, 0.3) is 10.8 Å². The van der Waals surface area contributed by atoms with Gasteiger partial charge in [0, 0.05) is 29.8 Å². The van der Waals surface area contributed by atoms with Crippen molar-refractivity contribution in [1.29, 1.82) is 0 Å². The summed E-state index contributed by atoms with van der Waals surface area (Å²) in [5.41, 5.74) is 0. The second kappa shape index (κ2) is 4.75. The van der Waals surface area contributed by atoms with Crippen molar-refractivity contribution < 1.29 is 14.6 Å². The Bertz CT molecular complexity index is 605. The largest absolute Gasteiger partial charge is 0.396 e. The Labute approximate surface area is 110 Å². The molecule has 1 aromatic heterocycles. The first kappa shape index (κ1) is 12.3. The van der Waals surface area contributed by atoms with Gasteiger partial charge in [-0.3, -0.25) is 0 Å². The van der Waals surface area contributed by atoms with Gasteiger partial charge in [0.1, 0.15) is 11.6 Å². The molecular formula is C14H15FN2O2. The molecule has 19 heavy (non-hydrogen) atoms. The molecule has 0 saturated carbocycles. The molecule has 0 spiro atoms. The molecule has 0 bridgehead atoms. The maximum atomic E-state index is 13.7. The molecule has 0 amide bonds. The first-order chi connectivity index (χ1) is 9.20. The fourth-order valence-corrected chi connectivity index (χ4v) is 2.60. The Kier molecular flexibility index (Phi) is 3.08. The molecule has 1 aliphatic rings. The minimum atomic E-state index is -0.574. The van der Waals surface area contributed by atoms with Crippen LogP contribution in [0, 0.1) is 11.7 Å². The van der Waals surface area contributed by atoms with Gasteiger partial charge in [0.25, 0.3) is 0 Å². The van der Waals surface area contributed by atoms with Gasteiger partial charge in [-0.05, 0) is 0 Å². The number of hydrogen-bond donors (Lipinski definition) is 2. The summed E-state index contributed by atoms with van der Waals surface area (Å²) in [7, 11) is 0. The number of aromatic nitrogens is 1. The van der Waals surface area contributed by atoms with Crippen molar-refractivity contribution >= 4 is 16.6 Å². The van der Waals surface area contributed by atoms with Gasteiger partial charge in [-0.25, -0.2) is 9.37 Å². The number of β-amino-alcohol motifs (C(OH)–C–C–N with tert-alkyl or cyclic N) is 1. The summed E-state index contributed by atoms with van der Waals surface area (Å²) >= 11 is 0. The second-order valence-electron chi connectivity index (χ2n) is 4.89. The van der Waals surface area contributed by atoms with Gasteiger partial charge in [0.15, 0.2) is 0 Å². The summed E-state index contributed by atoms with van der Waals surface area (Å²) in [5.74, 6) is 0.135. The Morgan fingerprint density at radius 3 is 2.68 bits per heavy atom. The van der Waals surface area contributed by atoms with Crippen molar-refractivity contribution in [2.45, 2.75) is 6.10 Å². The second-order valence-corrected chi connectivity index (χ2v) is 4.89. The zero-order chi connectivity index (χ0) is 13.4. The van der Waals surface area contributed by atoms with Crippen LogP contribution in [-0.4, -0.2) is 41.0 Å². The highest BCUT2D eigenvalue weighted by Crippen LogP contribution is 2.30. The van der Waals surface area contributed by atoms with E-state index in [1.807, 2.05) is 17.0 Å². The predicted molar refractivity (Wildman–Crippen MR) is 70.5 cm³/mol. The lowest BCUT2D eigenvalue weighted by Gasteiger charge is -2.19. The maximum Gasteiger partial charge on any atom is 0.149 e. The van der Waals surface area contributed by atoms with Gasteiger partial charge in [0.05, 0.1) is 18.9 Å². The number of benzene rings is 1. The van der Waals surface area contributed by atoms with Crippen molar-refractivity contribution in [2.75, 3.05) is 24.6 Å². The number of fused-ring (bicyclic) bond motifs is 1. The molecule has 1 saturated heterocycles. The van der Waals surface area contributed by atoms with Crippen LogP contribution in [0.1, 0.15) is 0 Å². The van der Waals surface area contributed by atoms with Crippen molar-refractivity contribution in [3.63, 3.8) is 0 Å². The summed E-state index contributed by atoms with van der Waals surface area (Å²) in [4.78, 5) is 6.05. The SMILES string of the molecule is OCC1CN(c2ncc(F)c3ccccc23)CC1O. The van der Waals surface area contributed by atoms with Crippen LogP contribution in [0.15, 0.2) is 30.5 Å². The van der Waals surface area contributed by atoms with Crippen LogP contribution in [-0.2, 0) is 0 Å². The molecule has 2 atom stereocenters. The lowest BCUT2D eigenvalue weighted by atomic mass is 10.1. The van der Waals surface area contributed by atoms with Crippen molar-refractivity contribution in [3.8, 4) is 0 Å². The predicted octanol–water partition coefficient (Wildman–Crippen LogP) is 1.16. The monoisotopic (exact) mass is 262 g/mol. The number of hydrogen-bond acceptors (Lipinski definition) is 4. The minimum Gasteiger partial charge on any atom is -0.396 e. The van der Waals surface area contributed by atoms with Gasteiger partial charge in [-0.1, -0.05) is 24.3 Å². The summed E-state index contributed by atoms with van der Waals surface area (Å²) in [6, 6.07) is 7.15. The summed E-state index contributed by atoms with van der Waals surface area (Å²) in [5, 5.41) is 20.3. The van der Waals surface area contributed by atoms with E-state index in [9.17, 15) is 14.6 Å². The van der Waals surface area contributed by atoms with E-state index in [4.69, 9.17) is 0 Å². The number of pyridine rings is 1. The molecule has 1 aromatic carbocycles. The first-order valence-corrected chi connectivity index (χ1v) is 6.28. The van der Waals surface area contributed by atoms with E-state index < -0.39 is 6.10 Å². The molecule has 100 valence electrons. The van der Waals surface area contributed by atoms with Gasteiger partial charge in [0.2, 0.25) is 0 Å². The number of anilines is 1. The van der Waals surface area contributed by atoms with Gasteiger partial charge in [-0.15, -0.1) is 0 Å². The van der Waals surface area contributed by atoms with Gasteiger partial charge in [-0.2, -0.15) is 0 Å². The van der Waals surface area contributed by atoms with Crippen LogP contribution >= 0.6 is 0 Å². The van der Waals surface area contributed by atoms with Crippen LogP contribution in [0.2, 0.25) is 0 Å². The molecular weight excluding hydrogens is 247 g/mol. The highest BCUT2D eigenvalue weighted by Gasteiger charge is 2.32. The number of rotatable bonds is 2. The molecule has 4 nitrogen and oxygen atoms in total. The van der Waals surface area contributed by atoms with Crippen LogP contribution in [0.4, 0.5) is 10.2 Å². The molecule has 2 aromatic rings.